The summed E-state index contributed by atoms with van der Waals surface area (Å²) in [5, 5.41) is 16.6. The maximum absolute atomic E-state index is 12.0. The number of halogens is 1. The number of anilines is 1. The Morgan fingerprint density at radius 3 is 2.57 bits per heavy atom. The van der Waals surface area contributed by atoms with Crippen LogP contribution in [0.5, 0.6) is 0 Å². The van der Waals surface area contributed by atoms with Crippen molar-refractivity contribution >= 4 is 45.0 Å². The molecule has 0 unspecified atom stereocenters. The first kappa shape index (κ1) is 16.0. The zero-order valence-corrected chi connectivity index (χ0v) is 14.5. The van der Waals surface area contributed by atoms with Crippen molar-refractivity contribution in [2.24, 2.45) is 5.92 Å². The summed E-state index contributed by atoms with van der Waals surface area (Å²) in [6.45, 7) is 0.631. The molecule has 1 aromatic heterocycles. The van der Waals surface area contributed by atoms with Crippen molar-refractivity contribution in [3.63, 3.8) is 0 Å². The van der Waals surface area contributed by atoms with E-state index in [4.69, 9.17) is 0 Å². The summed E-state index contributed by atoms with van der Waals surface area (Å²) in [7, 11) is 0. The molecule has 2 aromatic rings. The van der Waals surface area contributed by atoms with Crippen LogP contribution in [0.2, 0.25) is 0 Å². The van der Waals surface area contributed by atoms with Crippen LogP contribution in [0, 0.1) is 5.92 Å². The fourth-order valence-corrected chi connectivity index (χ4v) is 3.33. The molecular weight excluding hydrogens is 380 g/mol. The van der Waals surface area contributed by atoms with E-state index in [1.54, 1.807) is 5.38 Å². The van der Waals surface area contributed by atoms with Crippen molar-refractivity contribution in [3.05, 3.63) is 39.0 Å². The standard InChI is InChI=1S/C16H15BrN2O3S/c17-11-5-3-10(4-6-11)12-8-23-14(15(20)21)13(12)19-16(22)18-7-9-1-2-9/h3-6,8-9H,1-2,7H2,(H,20,21)(H2,18,19,22). The van der Waals surface area contributed by atoms with Crippen LogP contribution in [-0.4, -0.2) is 23.7 Å². The van der Waals surface area contributed by atoms with Crippen LogP contribution >= 0.6 is 27.3 Å². The number of carboxylic acids is 1. The van der Waals surface area contributed by atoms with Gasteiger partial charge in [-0.3, -0.25) is 0 Å². The molecule has 0 spiro atoms. The van der Waals surface area contributed by atoms with Crippen molar-refractivity contribution < 1.29 is 14.7 Å². The SMILES string of the molecule is O=C(NCC1CC1)Nc1c(-c2ccc(Br)cc2)csc1C(=O)O. The molecule has 5 nitrogen and oxygen atoms in total. The highest BCUT2D eigenvalue weighted by Crippen LogP contribution is 2.37. The molecule has 1 aliphatic rings. The lowest BCUT2D eigenvalue weighted by Gasteiger charge is -2.10. The number of carbonyl (C=O) groups is 2. The fourth-order valence-electron chi connectivity index (χ4n) is 2.20. The van der Waals surface area contributed by atoms with Gasteiger partial charge in [-0.2, -0.15) is 0 Å². The molecule has 0 bridgehead atoms. The summed E-state index contributed by atoms with van der Waals surface area (Å²) in [5.74, 6) is -0.482. The molecule has 23 heavy (non-hydrogen) atoms. The third-order valence-electron chi connectivity index (χ3n) is 3.63. The van der Waals surface area contributed by atoms with Crippen LogP contribution in [0.25, 0.3) is 11.1 Å². The molecule has 120 valence electrons. The minimum Gasteiger partial charge on any atom is -0.477 e. The van der Waals surface area contributed by atoms with Gasteiger partial charge in [0.2, 0.25) is 0 Å². The lowest BCUT2D eigenvalue weighted by atomic mass is 10.1. The van der Waals surface area contributed by atoms with E-state index >= 15 is 0 Å². The van der Waals surface area contributed by atoms with Gasteiger partial charge in [-0.25, -0.2) is 9.59 Å². The monoisotopic (exact) mass is 394 g/mol. The topological polar surface area (TPSA) is 78.4 Å². The first-order chi connectivity index (χ1) is 11.0. The highest BCUT2D eigenvalue weighted by molar-refractivity contribution is 9.10. The molecule has 3 N–H and O–H groups in total. The Kier molecular flexibility index (Phi) is 4.68. The molecule has 1 aromatic carbocycles. The highest BCUT2D eigenvalue weighted by Gasteiger charge is 2.23. The number of nitrogens with one attached hydrogen (secondary N) is 2. The van der Waals surface area contributed by atoms with Crippen LogP contribution in [0.15, 0.2) is 34.1 Å². The third kappa shape index (κ3) is 3.92. The zero-order valence-electron chi connectivity index (χ0n) is 12.1. The summed E-state index contributed by atoms with van der Waals surface area (Å²) >= 11 is 4.48. The van der Waals surface area contributed by atoms with Gasteiger partial charge in [-0.1, -0.05) is 28.1 Å². The second-order valence-electron chi connectivity index (χ2n) is 5.44. The predicted octanol–water partition coefficient (Wildman–Crippen LogP) is 4.41. The number of hydrogen-bond donors (Lipinski definition) is 3. The summed E-state index contributed by atoms with van der Waals surface area (Å²) in [4.78, 5) is 23.6. The Morgan fingerprint density at radius 1 is 1.26 bits per heavy atom. The van der Waals surface area contributed by atoms with Crippen molar-refractivity contribution in [1.29, 1.82) is 0 Å². The highest BCUT2D eigenvalue weighted by atomic mass is 79.9. The Balaban J connectivity index is 1.85. The summed E-state index contributed by atoms with van der Waals surface area (Å²) in [6, 6.07) is 7.15. The molecule has 0 radical (unpaired) electrons. The van der Waals surface area contributed by atoms with Gasteiger partial charge in [0.25, 0.3) is 0 Å². The van der Waals surface area contributed by atoms with Crippen molar-refractivity contribution in [2.45, 2.75) is 12.8 Å². The van der Waals surface area contributed by atoms with Crippen molar-refractivity contribution in [1.82, 2.24) is 5.32 Å². The summed E-state index contributed by atoms with van der Waals surface area (Å²) < 4.78 is 0.937. The number of amides is 2. The van der Waals surface area contributed by atoms with E-state index in [-0.39, 0.29) is 10.9 Å². The molecule has 0 atom stereocenters. The molecule has 1 aliphatic carbocycles. The van der Waals surface area contributed by atoms with E-state index in [1.807, 2.05) is 24.3 Å². The van der Waals surface area contributed by atoms with Crippen LogP contribution < -0.4 is 10.6 Å². The maximum atomic E-state index is 12.0. The van der Waals surface area contributed by atoms with Gasteiger partial charge in [0.1, 0.15) is 4.88 Å². The number of benzene rings is 1. The van der Waals surface area contributed by atoms with Gasteiger partial charge in [0.05, 0.1) is 5.69 Å². The molecule has 2 amide bonds. The van der Waals surface area contributed by atoms with Gasteiger partial charge in [0.15, 0.2) is 0 Å². The zero-order chi connectivity index (χ0) is 16.4. The molecule has 7 heteroatoms. The van der Waals surface area contributed by atoms with E-state index in [2.05, 4.69) is 26.6 Å². The number of carboxylic acid groups (broad SMARTS) is 1. The lowest BCUT2D eigenvalue weighted by molar-refractivity contribution is 0.0703. The average Bonchev–Trinajstić information content (AvgIpc) is 3.26. The van der Waals surface area contributed by atoms with Crippen LogP contribution in [0.4, 0.5) is 10.5 Å². The van der Waals surface area contributed by atoms with Gasteiger partial charge in [-0.05, 0) is 36.5 Å². The molecule has 1 saturated carbocycles. The molecule has 1 heterocycles. The van der Waals surface area contributed by atoms with Crippen LogP contribution in [0.1, 0.15) is 22.5 Å². The largest absolute Gasteiger partial charge is 0.477 e. The molecule has 1 fully saturated rings. The number of urea groups is 1. The maximum Gasteiger partial charge on any atom is 0.348 e. The smallest absolute Gasteiger partial charge is 0.348 e. The second-order valence-corrected chi connectivity index (χ2v) is 7.24. The number of hydrogen-bond acceptors (Lipinski definition) is 3. The predicted molar refractivity (Wildman–Crippen MR) is 94.2 cm³/mol. The lowest BCUT2D eigenvalue weighted by Crippen LogP contribution is -2.30. The van der Waals surface area contributed by atoms with E-state index in [1.165, 1.54) is 0 Å². The third-order valence-corrected chi connectivity index (χ3v) is 5.12. The van der Waals surface area contributed by atoms with Crippen molar-refractivity contribution in [2.75, 3.05) is 11.9 Å². The molecule has 3 rings (SSSR count). The molecule has 0 aliphatic heterocycles. The Hall–Kier alpha value is -1.86. The fraction of sp³-hybridized carbons (Fsp3) is 0.250. The van der Waals surface area contributed by atoms with E-state index < -0.39 is 5.97 Å². The van der Waals surface area contributed by atoms with Gasteiger partial charge in [0, 0.05) is 22.0 Å². The normalized spacial score (nSPS) is 13.6. The Labute approximate surface area is 145 Å². The molecular formula is C16H15BrN2O3S. The number of aromatic carboxylic acids is 1. The van der Waals surface area contributed by atoms with Crippen molar-refractivity contribution in [3.8, 4) is 11.1 Å². The first-order valence-corrected chi connectivity index (χ1v) is 8.87. The van der Waals surface area contributed by atoms with Crippen LogP contribution in [0.3, 0.4) is 0 Å². The second kappa shape index (κ2) is 6.72. The van der Waals surface area contributed by atoms with Gasteiger partial charge in [-0.15, -0.1) is 11.3 Å². The first-order valence-electron chi connectivity index (χ1n) is 7.20. The summed E-state index contributed by atoms with van der Waals surface area (Å²) in [5.41, 5.74) is 1.91. The van der Waals surface area contributed by atoms with E-state index in [9.17, 15) is 14.7 Å². The number of rotatable bonds is 5. The summed E-state index contributed by atoms with van der Waals surface area (Å²) in [6.07, 6.45) is 2.28. The van der Waals surface area contributed by atoms with Gasteiger partial charge < -0.3 is 15.7 Å². The number of thiophene rings is 1. The Bertz CT molecular complexity index is 738. The molecule has 0 saturated heterocycles. The average molecular weight is 395 g/mol. The van der Waals surface area contributed by atoms with E-state index in [0.717, 1.165) is 34.2 Å². The Morgan fingerprint density at radius 2 is 1.96 bits per heavy atom. The minimum absolute atomic E-state index is 0.129. The number of carbonyl (C=O) groups excluding carboxylic acids is 1. The van der Waals surface area contributed by atoms with E-state index in [0.29, 0.717) is 23.7 Å². The minimum atomic E-state index is -1.05. The quantitative estimate of drug-likeness (QED) is 0.702. The van der Waals surface area contributed by atoms with Crippen LogP contribution in [-0.2, 0) is 0 Å². The van der Waals surface area contributed by atoms with Gasteiger partial charge >= 0.3 is 12.0 Å².